The average Bonchev–Trinajstić information content (AvgIpc) is 2.98. The van der Waals surface area contributed by atoms with E-state index in [-0.39, 0.29) is 0 Å². The number of hydrogen-bond donors (Lipinski definition) is 0. The van der Waals surface area contributed by atoms with E-state index in [4.69, 9.17) is 21.0 Å². The average molecular weight is 605 g/mol. The van der Waals surface area contributed by atoms with Gasteiger partial charge in [-0.15, -0.1) is 0 Å². The summed E-state index contributed by atoms with van der Waals surface area (Å²) in [6.07, 6.45) is 2.49. The van der Waals surface area contributed by atoms with E-state index in [2.05, 4.69) is 55.0 Å². The van der Waals surface area contributed by atoms with Gasteiger partial charge in [-0.25, -0.2) is 0 Å². The molecule has 0 rings (SSSR count). The molecule has 4 atom stereocenters. The molecule has 0 aliphatic heterocycles. The van der Waals surface area contributed by atoms with Gasteiger partial charge in [-0.05, 0) is 92.9 Å². The lowest BCUT2D eigenvalue weighted by Crippen LogP contribution is -2.26. The van der Waals surface area contributed by atoms with Crippen LogP contribution in [-0.2, 0) is 0 Å². The van der Waals surface area contributed by atoms with E-state index >= 15 is 0 Å². The smallest absolute Gasteiger partial charge is 0.165 e. The van der Waals surface area contributed by atoms with Gasteiger partial charge < -0.3 is 0 Å². The second kappa shape index (κ2) is 19.1. The Morgan fingerprint density at radius 3 is 0.795 bits per heavy atom. The van der Waals surface area contributed by atoms with E-state index < -0.39 is 33.2 Å². The van der Waals surface area contributed by atoms with Crippen molar-refractivity contribution in [3.63, 3.8) is 0 Å². The summed E-state index contributed by atoms with van der Waals surface area (Å²) in [7, 11) is 0. The molecule has 12 heteroatoms. The van der Waals surface area contributed by atoms with Gasteiger partial charge in [0, 0.05) is 0 Å². The predicted molar refractivity (Wildman–Crippen MR) is 170 cm³/mol. The van der Waals surface area contributed by atoms with Gasteiger partial charge in [0.2, 0.25) is 0 Å². The fourth-order valence-electron chi connectivity index (χ4n) is 2.89. The van der Waals surface area contributed by atoms with E-state index in [1.807, 2.05) is 53.7 Å². The van der Waals surface area contributed by atoms with Gasteiger partial charge in [0.05, 0.1) is 36.4 Å². The molecule has 0 saturated heterocycles. The molecule has 0 amide bonds. The van der Waals surface area contributed by atoms with Gasteiger partial charge in [-0.2, -0.15) is 62.3 Å². The molecule has 0 aromatic heterocycles. The van der Waals surface area contributed by atoms with E-state index in [9.17, 15) is 10.5 Å². The largest absolute Gasteiger partial charge is 0.196 e. The number of hydrogen-bond acceptors (Lipinski definition) is 12. The van der Waals surface area contributed by atoms with Crippen molar-refractivity contribution in [2.24, 2.45) is 42.5 Å². The molecule has 12 nitrogen and oxygen atoms in total. The van der Waals surface area contributed by atoms with Gasteiger partial charge in [0.25, 0.3) is 0 Å². The number of azo groups is 3. The lowest BCUT2D eigenvalue weighted by atomic mass is 9.92. The molecule has 4 unspecified atom stereocenters. The van der Waals surface area contributed by atoms with Crippen LogP contribution < -0.4 is 0 Å². The monoisotopic (exact) mass is 604 g/mol. The molecule has 0 N–H and O–H groups in total. The van der Waals surface area contributed by atoms with Gasteiger partial charge in [-0.1, -0.05) is 41.5 Å². The summed E-state index contributed by atoms with van der Waals surface area (Å²) in [6.45, 7) is 25.5. The van der Waals surface area contributed by atoms with Crippen LogP contribution in [0.3, 0.4) is 0 Å². The normalized spacial score (nSPS) is 17.0. The van der Waals surface area contributed by atoms with Gasteiger partial charge in [-0.3, -0.25) is 0 Å². The zero-order valence-corrected chi connectivity index (χ0v) is 29.3. The molecule has 44 heavy (non-hydrogen) atoms. The van der Waals surface area contributed by atoms with Crippen molar-refractivity contribution in [3.05, 3.63) is 0 Å². The topological polar surface area (TPSA) is 217 Å². The molecule has 0 bridgehead atoms. The maximum atomic E-state index is 9.20. The van der Waals surface area contributed by atoms with Crippen LogP contribution in [0.4, 0.5) is 0 Å². The van der Waals surface area contributed by atoms with Gasteiger partial charge in [0.1, 0.15) is 0 Å². The number of nitrogens with zero attached hydrogens (tertiary/aromatic N) is 12. The summed E-state index contributed by atoms with van der Waals surface area (Å²) >= 11 is 0. The second-order valence-corrected chi connectivity index (χ2v) is 13.4. The van der Waals surface area contributed by atoms with Gasteiger partial charge in [0.15, 0.2) is 33.2 Å². The second-order valence-electron chi connectivity index (χ2n) is 13.4. The van der Waals surface area contributed by atoms with Crippen molar-refractivity contribution < 1.29 is 0 Å². The Hall–Kier alpha value is -4.26. The van der Waals surface area contributed by atoms with E-state index in [0.717, 1.165) is 0 Å². The molecular formula is C32H52N12. The van der Waals surface area contributed by atoms with E-state index in [1.54, 1.807) is 55.4 Å². The predicted octanol–water partition coefficient (Wildman–Crippen LogP) is 8.96. The summed E-state index contributed by atoms with van der Waals surface area (Å²) in [5.74, 6) is 0.735. The SMILES string of the molecule is CC(C)(C#N)/N=N/C(C)(C)C#N.CC(C)CC(C)(C#N)/N=N/C(C)(C#N)CC(C)C.CCC(C)(C#N)/N=N/C(C)(C#N)CC. The molecule has 0 radical (unpaired) electrons. The Bertz CT molecular complexity index is 1140. The first-order chi connectivity index (χ1) is 19.9. The minimum Gasteiger partial charge on any atom is -0.196 e. The quantitative estimate of drug-likeness (QED) is 0.198. The molecule has 0 aromatic carbocycles. The Morgan fingerprint density at radius 1 is 0.409 bits per heavy atom. The highest BCUT2D eigenvalue weighted by Gasteiger charge is 2.30. The lowest BCUT2D eigenvalue weighted by molar-refractivity contribution is 0.384. The summed E-state index contributed by atoms with van der Waals surface area (Å²) in [6, 6.07) is 12.5. The van der Waals surface area contributed by atoms with E-state index in [0.29, 0.717) is 37.5 Å². The number of nitriles is 6. The fourth-order valence-corrected chi connectivity index (χ4v) is 2.89. The van der Waals surface area contributed by atoms with Gasteiger partial charge >= 0.3 is 0 Å². The van der Waals surface area contributed by atoms with Crippen molar-refractivity contribution >= 4 is 0 Å². The zero-order chi connectivity index (χ0) is 35.5. The standard InChI is InChI=1S/C14H24N4.C10H16N4.C8H12N4/c1-11(2)7-13(5,9-15)17-18-14(6,10-16)8-12(3)4;1-5-9(3,7-11)13-14-10(4,6-2)8-12;1-7(2,5-9)11-12-8(3,4)6-10/h11-12H,7-8H2,1-6H3;5-6H2,1-4H3;1-4H3/b18-17+;14-13+;12-11+. The van der Waals surface area contributed by atoms with E-state index in [1.165, 1.54) is 0 Å². The van der Waals surface area contributed by atoms with Crippen LogP contribution in [0.15, 0.2) is 30.7 Å². The third kappa shape index (κ3) is 19.8. The molecule has 0 saturated carbocycles. The third-order valence-corrected chi connectivity index (χ3v) is 6.03. The summed E-state index contributed by atoms with van der Waals surface area (Å²) in [5.41, 5.74) is -4.94. The van der Waals surface area contributed by atoms with Crippen LogP contribution in [0.25, 0.3) is 0 Å². The van der Waals surface area contributed by atoms with Crippen molar-refractivity contribution in [1.82, 2.24) is 0 Å². The molecule has 0 spiro atoms. The Labute approximate surface area is 266 Å². The summed E-state index contributed by atoms with van der Waals surface area (Å²) in [5, 5.41) is 76.9. The van der Waals surface area contributed by atoms with Crippen LogP contribution in [0.2, 0.25) is 0 Å². The van der Waals surface area contributed by atoms with Crippen LogP contribution >= 0.6 is 0 Å². The molecule has 240 valence electrons. The minimum absolute atomic E-state index is 0.368. The highest BCUT2D eigenvalue weighted by molar-refractivity contribution is 5.08. The first kappa shape index (κ1) is 44.2. The molecule has 0 aliphatic carbocycles. The summed E-state index contributed by atoms with van der Waals surface area (Å²) in [4.78, 5) is 0. The molecule has 0 heterocycles. The van der Waals surface area contributed by atoms with Crippen molar-refractivity contribution in [1.29, 1.82) is 31.6 Å². The first-order valence-corrected chi connectivity index (χ1v) is 14.7. The molecule has 0 fully saturated rings. The Balaban J connectivity index is -0.000000587. The minimum atomic E-state index is -0.839. The van der Waals surface area contributed by atoms with Crippen LogP contribution in [0.5, 0.6) is 0 Å². The number of rotatable bonds is 12. The molecular weight excluding hydrogens is 552 g/mol. The first-order valence-electron chi connectivity index (χ1n) is 14.7. The maximum absolute atomic E-state index is 9.20. The molecule has 0 aliphatic rings. The van der Waals surface area contributed by atoms with Crippen LogP contribution in [0.1, 0.15) is 123 Å². The van der Waals surface area contributed by atoms with Crippen LogP contribution in [0, 0.1) is 79.8 Å². The maximum Gasteiger partial charge on any atom is 0.165 e. The summed E-state index contributed by atoms with van der Waals surface area (Å²) < 4.78 is 0. The highest BCUT2D eigenvalue weighted by atomic mass is 15.2. The Morgan fingerprint density at radius 2 is 0.636 bits per heavy atom. The lowest BCUT2D eigenvalue weighted by Gasteiger charge is -2.22. The van der Waals surface area contributed by atoms with Crippen molar-refractivity contribution in [2.45, 2.75) is 156 Å². The highest BCUT2D eigenvalue weighted by Crippen LogP contribution is 2.26. The zero-order valence-electron chi connectivity index (χ0n) is 29.3. The Kier molecular flexibility index (Phi) is 19.2. The van der Waals surface area contributed by atoms with Crippen molar-refractivity contribution in [2.75, 3.05) is 0 Å². The fraction of sp³-hybridized carbons (Fsp3) is 0.812. The van der Waals surface area contributed by atoms with Crippen LogP contribution in [-0.4, -0.2) is 33.2 Å². The third-order valence-electron chi connectivity index (χ3n) is 6.03. The van der Waals surface area contributed by atoms with Crippen molar-refractivity contribution in [3.8, 4) is 36.4 Å². The molecule has 0 aromatic rings.